The summed E-state index contributed by atoms with van der Waals surface area (Å²) in [5.41, 5.74) is 1.44. The van der Waals surface area contributed by atoms with Crippen molar-refractivity contribution in [3.63, 3.8) is 0 Å². The van der Waals surface area contributed by atoms with E-state index in [1.165, 1.54) is 7.11 Å². The maximum absolute atomic E-state index is 9.41. The average Bonchev–Trinajstić information content (AvgIpc) is 2.09. The SMILES string of the molecule is COc1cc(CO)cc(C)c1O. The van der Waals surface area contributed by atoms with Gasteiger partial charge in [0, 0.05) is 0 Å². The van der Waals surface area contributed by atoms with E-state index in [-0.39, 0.29) is 12.4 Å². The van der Waals surface area contributed by atoms with E-state index < -0.39 is 0 Å². The predicted molar refractivity (Wildman–Crippen MR) is 45.3 cm³/mol. The van der Waals surface area contributed by atoms with Gasteiger partial charge in [-0.2, -0.15) is 0 Å². The summed E-state index contributed by atoms with van der Waals surface area (Å²) < 4.78 is 4.91. The van der Waals surface area contributed by atoms with Gasteiger partial charge in [0.1, 0.15) is 0 Å². The number of phenols is 1. The van der Waals surface area contributed by atoms with Crippen LogP contribution in [0.5, 0.6) is 11.5 Å². The van der Waals surface area contributed by atoms with Gasteiger partial charge in [-0.05, 0) is 30.2 Å². The molecule has 1 rings (SSSR count). The Kier molecular flexibility index (Phi) is 2.55. The lowest BCUT2D eigenvalue weighted by atomic mass is 10.1. The fourth-order valence-electron chi connectivity index (χ4n) is 1.07. The molecule has 0 aromatic heterocycles. The highest BCUT2D eigenvalue weighted by Gasteiger charge is 2.05. The third-order valence-corrected chi connectivity index (χ3v) is 1.73. The van der Waals surface area contributed by atoms with Crippen molar-refractivity contribution in [2.45, 2.75) is 13.5 Å². The van der Waals surface area contributed by atoms with Crippen LogP contribution >= 0.6 is 0 Å². The van der Waals surface area contributed by atoms with Crippen LogP contribution in [0.4, 0.5) is 0 Å². The fourth-order valence-corrected chi connectivity index (χ4v) is 1.07. The van der Waals surface area contributed by atoms with E-state index in [9.17, 15) is 5.11 Å². The van der Waals surface area contributed by atoms with Crippen LogP contribution in [0.2, 0.25) is 0 Å². The summed E-state index contributed by atoms with van der Waals surface area (Å²) in [4.78, 5) is 0. The minimum absolute atomic E-state index is 0.0442. The number of hydrogen-bond acceptors (Lipinski definition) is 3. The molecular formula is C9H12O3. The van der Waals surface area contributed by atoms with Crippen LogP contribution in [0, 0.1) is 6.92 Å². The van der Waals surface area contributed by atoms with E-state index in [4.69, 9.17) is 9.84 Å². The number of hydrogen-bond donors (Lipinski definition) is 2. The summed E-state index contributed by atoms with van der Waals surface area (Å²) in [6, 6.07) is 3.33. The zero-order valence-corrected chi connectivity index (χ0v) is 7.16. The van der Waals surface area contributed by atoms with Gasteiger partial charge in [0.15, 0.2) is 11.5 Å². The molecule has 1 aromatic rings. The van der Waals surface area contributed by atoms with Gasteiger partial charge in [0.25, 0.3) is 0 Å². The van der Waals surface area contributed by atoms with Gasteiger partial charge >= 0.3 is 0 Å². The number of phenolic OH excluding ortho intramolecular Hbond substituents is 1. The Hall–Kier alpha value is -1.22. The van der Waals surface area contributed by atoms with E-state index in [1.54, 1.807) is 19.1 Å². The Balaban J connectivity index is 3.19. The molecule has 0 fully saturated rings. The largest absolute Gasteiger partial charge is 0.504 e. The van der Waals surface area contributed by atoms with Crippen molar-refractivity contribution in [1.82, 2.24) is 0 Å². The van der Waals surface area contributed by atoms with Gasteiger partial charge in [0.05, 0.1) is 13.7 Å². The lowest BCUT2D eigenvalue weighted by Gasteiger charge is -2.07. The maximum Gasteiger partial charge on any atom is 0.161 e. The average molecular weight is 168 g/mol. The zero-order chi connectivity index (χ0) is 9.14. The smallest absolute Gasteiger partial charge is 0.161 e. The second-order valence-corrected chi connectivity index (χ2v) is 2.62. The molecule has 0 aliphatic rings. The van der Waals surface area contributed by atoms with E-state index in [1.807, 2.05) is 0 Å². The molecule has 0 spiro atoms. The van der Waals surface area contributed by atoms with Crippen LogP contribution in [0.25, 0.3) is 0 Å². The Morgan fingerprint density at radius 1 is 1.42 bits per heavy atom. The van der Waals surface area contributed by atoms with E-state index in [0.29, 0.717) is 11.3 Å². The first-order valence-corrected chi connectivity index (χ1v) is 3.66. The molecule has 1 aromatic carbocycles. The first-order chi connectivity index (χ1) is 5.69. The van der Waals surface area contributed by atoms with Crippen molar-refractivity contribution in [1.29, 1.82) is 0 Å². The fraction of sp³-hybridized carbons (Fsp3) is 0.333. The molecule has 2 N–H and O–H groups in total. The van der Waals surface area contributed by atoms with Crippen molar-refractivity contribution in [3.8, 4) is 11.5 Å². The molecule has 0 heterocycles. The van der Waals surface area contributed by atoms with Crippen molar-refractivity contribution in [3.05, 3.63) is 23.3 Å². The molecule has 3 nitrogen and oxygen atoms in total. The molecule has 0 saturated carbocycles. The zero-order valence-electron chi connectivity index (χ0n) is 7.16. The first-order valence-electron chi connectivity index (χ1n) is 3.66. The molecule has 3 heteroatoms. The molecule has 0 aliphatic carbocycles. The Morgan fingerprint density at radius 3 is 2.58 bits per heavy atom. The third kappa shape index (κ3) is 1.51. The van der Waals surface area contributed by atoms with Crippen LogP contribution < -0.4 is 4.74 Å². The normalized spacial score (nSPS) is 9.92. The summed E-state index contributed by atoms with van der Waals surface area (Å²) in [5, 5.41) is 18.2. The summed E-state index contributed by atoms with van der Waals surface area (Å²) in [6.07, 6.45) is 0. The van der Waals surface area contributed by atoms with Crippen molar-refractivity contribution in [2.75, 3.05) is 7.11 Å². The quantitative estimate of drug-likeness (QED) is 0.697. The van der Waals surface area contributed by atoms with Gasteiger partial charge in [-0.1, -0.05) is 0 Å². The first kappa shape index (κ1) is 8.87. The van der Waals surface area contributed by atoms with Gasteiger partial charge in [-0.3, -0.25) is 0 Å². The number of aromatic hydroxyl groups is 1. The minimum atomic E-state index is -0.0442. The number of rotatable bonds is 2. The van der Waals surface area contributed by atoms with Gasteiger partial charge in [-0.25, -0.2) is 0 Å². The van der Waals surface area contributed by atoms with E-state index >= 15 is 0 Å². The van der Waals surface area contributed by atoms with Crippen molar-refractivity contribution < 1.29 is 14.9 Å². The minimum Gasteiger partial charge on any atom is -0.504 e. The van der Waals surface area contributed by atoms with Crippen molar-refractivity contribution in [2.24, 2.45) is 0 Å². The van der Waals surface area contributed by atoms with Gasteiger partial charge < -0.3 is 14.9 Å². The maximum atomic E-state index is 9.41. The van der Waals surface area contributed by atoms with Crippen LogP contribution in [0.3, 0.4) is 0 Å². The van der Waals surface area contributed by atoms with Crippen LogP contribution in [0.1, 0.15) is 11.1 Å². The molecule has 0 unspecified atom stereocenters. The van der Waals surface area contributed by atoms with Crippen LogP contribution in [-0.4, -0.2) is 17.3 Å². The molecule has 66 valence electrons. The number of ether oxygens (including phenoxy) is 1. The predicted octanol–water partition coefficient (Wildman–Crippen LogP) is 1.20. The number of methoxy groups -OCH3 is 1. The number of aryl methyl sites for hydroxylation is 1. The molecule has 0 radical (unpaired) electrons. The molecule has 0 bridgehead atoms. The molecule has 0 atom stereocenters. The Labute approximate surface area is 71.2 Å². The topological polar surface area (TPSA) is 49.7 Å². The molecule has 0 amide bonds. The molecule has 0 aliphatic heterocycles. The highest BCUT2D eigenvalue weighted by molar-refractivity contribution is 5.47. The third-order valence-electron chi connectivity index (χ3n) is 1.73. The van der Waals surface area contributed by atoms with Crippen molar-refractivity contribution >= 4 is 0 Å². The second-order valence-electron chi connectivity index (χ2n) is 2.62. The van der Waals surface area contributed by atoms with Crippen LogP contribution in [-0.2, 0) is 6.61 Å². The molecular weight excluding hydrogens is 156 g/mol. The lowest BCUT2D eigenvalue weighted by Crippen LogP contribution is -1.90. The monoisotopic (exact) mass is 168 g/mol. The lowest BCUT2D eigenvalue weighted by molar-refractivity contribution is 0.280. The molecule has 12 heavy (non-hydrogen) atoms. The number of aliphatic hydroxyl groups is 1. The Morgan fingerprint density at radius 2 is 2.08 bits per heavy atom. The summed E-state index contributed by atoms with van der Waals surface area (Å²) in [7, 11) is 1.48. The number of benzene rings is 1. The second kappa shape index (κ2) is 3.45. The summed E-state index contributed by atoms with van der Waals surface area (Å²) in [5.74, 6) is 0.536. The number of aliphatic hydroxyl groups excluding tert-OH is 1. The van der Waals surface area contributed by atoms with Gasteiger partial charge in [-0.15, -0.1) is 0 Å². The summed E-state index contributed by atoms with van der Waals surface area (Å²) in [6.45, 7) is 1.72. The standard InChI is InChI=1S/C9H12O3/c1-6-3-7(5-10)4-8(12-2)9(6)11/h3-4,10-11H,5H2,1-2H3. The van der Waals surface area contributed by atoms with E-state index in [2.05, 4.69) is 0 Å². The molecule has 0 saturated heterocycles. The summed E-state index contributed by atoms with van der Waals surface area (Å²) >= 11 is 0. The highest BCUT2D eigenvalue weighted by atomic mass is 16.5. The van der Waals surface area contributed by atoms with Gasteiger partial charge in [0.2, 0.25) is 0 Å². The van der Waals surface area contributed by atoms with E-state index in [0.717, 1.165) is 5.56 Å². The Bertz CT molecular complexity index is 281. The van der Waals surface area contributed by atoms with Crippen LogP contribution in [0.15, 0.2) is 12.1 Å². The highest BCUT2D eigenvalue weighted by Crippen LogP contribution is 2.30.